The lowest BCUT2D eigenvalue weighted by molar-refractivity contribution is 0.310. The highest BCUT2D eigenvalue weighted by Crippen LogP contribution is 2.34. The van der Waals surface area contributed by atoms with Crippen LogP contribution in [0.1, 0.15) is 31.5 Å². The summed E-state index contributed by atoms with van der Waals surface area (Å²) in [5.74, 6) is 0.818. The summed E-state index contributed by atoms with van der Waals surface area (Å²) in [6.45, 7) is 6.26. The van der Waals surface area contributed by atoms with Crippen LogP contribution < -0.4 is 9.64 Å². The molecule has 2 heterocycles. The van der Waals surface area contributed by atoms with Crippen molar-refractivity contribution in [1.29, 1.82) is 0 Å². The minimum absolute atomic E-state index is 0.487. The Balaban J connectivity index is 2.09. The molecule has 0 aromatic carbocycles. The van der Waals surface area contributed by atoms with Gasteiger partial charge < -0.3 is 9.64 Å². The Bertz CT molecular complexity index is 466. The Kier molecular flexibility index (Phi) is 2.54. The summed E-state index contributed by atoms with van der Waals surface area (Å²) < 4.78 is 5.77. The van der Waals surface area contributed by atoms with Crippen LogP contribution in [0.15, 0.2) is 12.1 Å². The van der Waals surface area contributed by atoms with Crippen LogP contribution in [-0.4, -0.2) is 24.2 Å². The van der Waals surface area contributed by atoms with Gasteiger partial charge in [0.25, 0.3) is 0 Å². The van der Waals surface area contributed by atoms with Crippen LogP contribution in [0.4, 0.5) is 5.69 Å². The quantitative estimate of drug-likeness (QED) is 0.741. The lowest BCUT2D eigenvalue weighted by Crippen LogP contribution is -2.31. The van der Waals surface area contributed by atoms with Gasteiger partial charge in [0.05, 0.1) is 12.3 Å². The lowest BCUT2D eigenvalue weighted by Gasteiger charge is -2.27. The summed E-state index contributed by atoms with van der Waals surface area (Å²) in [5, 5.41) is 0. The zero-order valence-corrected chi connectivity index (χ0v) is 10.4. The molecule has 3 rings (SSSR count). The molecule has 17 heavy (non-hydrogen) atoms. The standard InChI is InChI=1S/C14H18N2O/c1-10(2)16-7-4-8-17-14-13(16)9-11-5-3-6-12(11)15-14/h3,5,9-10H,4,6-8H2,1-2H3. The van der Waals surface area contributed by atoms with E-state index in [0.717, 1.165) is 43.3 Å². The van der Waals surface area contributed by atoms with Gasteiger partial charge in [-0.1, -0.05) is 12.2 Å². The molecule has 3 nitrogen and oxygen atoms in total. The number of hydrogen-bond donors (Lipinski definition) is 0. The van der Waals surface area contributed by atoms with E-state index < -0.39 is 0 Å². The molecule has 1 aromatic heterocycles. The highest BCUT2D eigenvalue weighted by atomic mass is 16.5. The monoisotopic (exact) mass is 230 g/mol. The van der Waals surface area contributed by atoms with Crippen LogP contribution in [-0.2, 0) is 6.42 Å². The molecular weight excluding hydrogens is 212 g/mol. The lowest BCUT2D eigenvalue weighted by atomic mass is 10.2. The third kappa shape index (κ3) is 1.79. The first-order valence-electron chi connectivity index (χ1n) is 6.35. The number of nitrogens with zero attached hydrogens (tertiary/aromatic N) is 2. The van der Waals surface area contributed by atoms with Crippen LogP contribution >= 0.6 is 0 Å². The number of ether oxygens (including phenoxy) is 1. The topological polar surface area (TPSA) is 25.4 Å². The van der Waals surface area contributed by atoms with E-state index in [0.29, 0.717) is 6.04 Å². The Morgan fingerprint density at radius 2 is 2.29 bits per heavy atom. The summed E-state index contributed by atoms with van der Waals surface area (Å²) in [4.78, 5) is 7.05. The number of hydrogen-bond acceptors (Lipinski definition) is 3. The second-order valence-electron chi connectivity index (χ2n) is 4.94. The summed E-state index contributed by atoms with van der Waals surface area (Å²) in [6.07, 6.45) is 6.32. The molecule has 2 aliphatic rings. The number of aromatic nitrogens is 1. The predicted octanol–water partition coefficient (Wildman–Crippen LogP) is 2.65. The summed E-state index contributed by atoms with van der Waals surface area (Å²) >= 11 is 0. The van der Waals surface area contributed by atoms with Crippen molar-refractivity contribution in [3.63, 3.8) is 0 Å². The van der Waals surface area contributed by atoms with Crippen LogP contribution in [0.2, 0.25) is 0 Å². The van der Waals surface area contributed by atoms with Crippen molar-refractivity contribution >= 4 is 11.8 Å². The average molecular weight is 230 g/mol. The van der Waals surface area contributed by atoms with Gasteiger partial charge in [0.2, 0.25) is 5.88 Å². The molecule has 3 heteroatoms. The van der Waals surface area contributed by atoms with E-state index in [-0.39, 0.29) is 0 Å². The second-order valence-corrected chi connectivity index (χ2v) is 4.94. The van der Waals surface area contributed by atoms with E-state index in [2.05, 4.69) is 41.9 Å². The minimum atomic E-state index is 0.487. The molecule has 0 fully saturated rings. The van der Waals surface area contributed by atoms with Gasteiger partial charge in [-0.3, -0.25) is 0 Å². The smallest absolute Gasteiger partial charge is 0.237 e. The maximum Gasteiger partial charge on any atom is 0.237 e. The van der Waals surface area contributed by atoms with Crippen LogP contribution in [0.5, 0.6) is 5.88 Å². The van der Waals surface area contributed by atoms with Gasteiger partial charge in [0.15, 0.2) is 0 Å². The first kappa shape index (κ1) is 10.6. The summed E-state index contributed by atoms with van der Waals surface area (Å²) in [6, 6.07) is 2.72. The highest BCUT2D eigenvalue weighted by molar-refractivity contribution is 5.67. The molecule has 0 unspecified atom stereocenters. The van der Waals surface area contributed by atoms with Crippen LogP contribution in [0.25, 0.3) is 6.08 Å². The Morgan fingerprint density at radius 1 is 1.41 bits per heavy atom. The van der Waals surface area contributed by atoms with Gasteiger partial charge in [0.1, 0.15) is 5.69 Å². The third-order valence-electron chi connectivity index (χ3n) is 3.40. The van der Waals surface area contributed by atoms with Crippen molar-refractivity contribution in [1.82, 2.24) is 4.98 Å². The maximum absolute atomic E-state index is 5.77. The average Bonchev–Trinajstić information content (AvgIpc) is 2.64. The number of allylic oxidation sites excluding steroid dienone is 1. The fraction of sp³-hybridized carbons (Fsp3) is 0.500. The normalized spacial score (nSPS) is 17.7. The fourth-order valence-electron chi connectivity index (χ4n) is 2.51. The molecule has 0 N–H and O–H groups in total. The molecule has 1 aromatic rings. The zero-order chi connectivity index (χ0) is 11.8. The number of fused-ring (bicyclic) bond motifs is 2. The van der Waals surface area contributed by atoms with Crippen molar-refractivity contribution in [2.24, 2.45) is 0 Å². The molecule has 1 aliphatic heterocycles. The zero-order valence-electron chi connectivity index (χ0n) is 10.4. The Labute approximate surface area is 102 Å². The van der Waals surface area contributed by atoms with Gasteiger partial charge in [-0.15, -0.1) is 0 Å². The highest BCUT2D eigenvalue weighted by Gasteiger charge is 2.22. The van der Waals surface area contributed by atoms with Gasteiger partial charge in [0, 0.05) is 19.0 Å². The number of rotatable bonds is 1. The largest absolute Gasteiger partial charge is 0.476 e. The number of pyridine rings is 1. The molecule has 0 spiro atoms. The Morgan fingerprint density at radius 3 is 3.12 bits per heavy atom. The van der Waals surface area contributed by atoms with Crippen LogP contribution in [0.3, 0.4) is 0 Å². The molecule has 90 valence electrons. The van der Waals surface area contributed by atoms with Gasteiger partial charge in [-0.25, -0.2) is 4.98 Å². The van der Waals surface area contributed by atoms with E-state index in [9.17, 15) is 0 Å². The SMILES string of the molecule is CC(C)N1CCCOc2nc3c(cc21)C=CC3. The molecular formula is C14H18N2O. The van der Waals surface area contributed by atoms with E-state index in [1.165, 1.54) is 5.56 Å². The first-order chi connectivity index (χ1) is 8.25. The molecule has 0 radical (unpaired) electrons. The maximum atomic E-state index is 5.77. The van der Waals surface area contributed by atoms with Crippen molar-refractivity contribution in [3.8, 4) is 5.88 Å². The van der Waals surface area contributed by atoms with E-state index in [4.69, 9.17) is 4.74 Å². The third-order valence-corrected chi connectivity index (χ3v) is 3.40. The van der Waals surface area contributed by atoms with Crippen LogP contribution in [0, 0.1) is 0 Å². The predicted molar refractivity (Wildman–Crippen MR) is 69.6 cm³/mol. The van der Waals surface area contributed by atoms with Crippen molar-refractivity contribution in [3.05, 3.63) is 23.4 Å². The first-order valence-corrected chi connectivity index (χ1v) is 6.35. The second kappa shape index (κ2) is 4.06. The molecule has 1 aliphatic carbocycles. The molecule has 0 amide bonds. The molecule has 0 saturated carbocycles. The Hall–Kier alpha value is -1.51. The van der Waals surface area contributed by atoms with Gasteiger partial charge in [-0.2, -0.15) is 0 Å². The molecule has 0 atom stereocenters. The van der Waals surface area contributed by atoms with Crippen molar-refractivity contribution in [2.45, 2.75) is 32.7 Å². The molecule has 0 saturated heterocycles. The van der Waals surface area contributed by atoms with E-state index >= 15 is 0 Å². The van der Waals surface area contributed by atoms with Gasteiger partial charge in [-0.05, 0) is 31.9 Å². The van der Waals surface area contributed by atoms with Crippen molar-refractivity contribution in [2.75, 3.05) is 18.1 Å². The number of anilines is 1. The minimum Gasteiger partial charge on any atom is -0.476 e. The van der Waals surface area contributed by atoms with E-state index in [1.807, 2.05) is 0 Å². The summed E-state index contributed by atoms with van der Waals surface area (Å²) in [5.41, 5.74) is 3.55. The van der Waals surface area contributed by atoms with Gasteiger partial charge >= 0.3 is 0 Å². The summed E-state index contributed by atoms with van der Waals surface area (Å²) in [7, 11) is 0. The molecule has 0 bridgehead atoms. The van der Waals surface area contributed by atoms with Crippen molar-refractivity contribution < 1.29 is 4.74 Å². The van der Waals surface area contributed by atoms with E-state index in [1.54, 1.807) is 0 Å². The fourth-order valence-corrected chi connectivity index (χ4v) is 2.51.